The molecule has 0 unspecified atom stereocenters. The molecule has 0 aliphatic heterocycles. The van der Waals surface area contributed by atoms with Gasteiger partial charge >= 0.3 is 0 Å². The van der Waals surface area contributed by atoms with Crippen LogP contribution in [0.15, 0.2) is 48.7 Å². The molecule has 0 radical (unpaired) electrons. The lowest BCUT2D eigenvalue weighted by Gasteiger charge is -2.12. The van der Waals surface area contributed by atoms with Crippen LogP contribution in [0.3, 0.4) is 0 Å². The van der Waals surface area contributed by atoms with E-state index in [1.54, 1.807) is 39.6 Å². The second-order valence-electron chi connectivity index (χ2n) is 5.67. The van der Waals surface area contributed by atoms with E-state index in [4.69, 9.17) is 15.2 Å². The standard InChI is InChI=1S/C20H20FN3O2/c1-23-14-5-6-15(17(21)10-14)16-8-13(11-24-20(16)22)12-4-7-18(25-2)19(9-12)26-3/h4-11,23H,1-3H3,(H2,22,24). The number of nitrogens with two attached hydrogens (primary N) is 1. The van der Waals surface area contributed by atoms with Crippen LogP contribution in [-0.2, 0) is 0 Å². The quantitative estimate of drug-likeness (QED) is 0.720. The van der Waals surface area contributed by atoms with E-state index in [1.165, 1.54) is 6.07 Å². The van der Waals surface area contributed by atoms with Crippen molar-refractivity contribution >= 4 is 11.5 Å². The normalized spacial score (nSPS) is 10.5. The number of anilines is 2. The number of benzene rings is 2. The molecule has 0 amide bonds. The van der Waals surface area contributed by atoms with Crippen LogP contribution in [0.1, 0.15) is 0 Å². The van der Waals surface area contributed by atoms with Gasteiger partial charge < -0.3 is 20.5 Å². The highest BCUT2D eigenvalue weighted by Gasteiger charge is 2.13. The van der Waals surface area contributed by atoms with Crippen molar-refractivity contribution in [2.24, 2.45) is 0 Å². The number of hydrogen-bond acceptors (Lipinski definition) is 5. The Morgan fingerprint density at radius 3 is 2.35 bits per heavy atom. The molecule has 3 aromatic rings. The Morgan fingerprint density at radius 2 is 1.69 bits per heavy atom. The van der Waals surface area contributed by atoms with E-state index < -0.39 is 0 Å². The minimum absolute atomic E-state index is 0.269. The molecule has 2 aromatic carbocycles. The first-order chi connectivity index (χ1) is 12.6. The van der Waals surface area contributed by atoms with Crippen molar-refractivity contribution < 1.29 is 13.9 Å². The van der Waals surface area contributed by atoms with E-state index >= 15 is 0 Å². The second-order valence-corrected chi connectivity index (χ2v) is 5.67. The van der Waals surface area contributed by atoms with Gasteiger partial charge in [-0.25, -0.2) is 9.37 Å². The van der Waals surface area contributed by atoms with Crippen LogP contribution in [0.2, 0.25) is 0 Å². The fraction of sp³-hybridized carbons (Fsp3) is 0.150. The van der Waals surface area contributed by atoms with Crippen molar-refractivity contribution in [3.8, 4) is 33.8 Å². The largest absolute Gasteiger partial charge is 0.493 e. The van der Waals surface area contributed by atoms with Gasteiger partial charge in [-0.05, 0) is 42.0 Å². The van der Waals surface area contributed by atoms with Gasteiger partial charge in [0.15, 0.2) is 11.5 Å². The summed E-state index contributed by atoms with van der Waals surface area (Å²) < 4.78 is 25.1. The Kier molecular flexibility index (Phi) is 4.93. The van der Waals surface area contributed by atoms with Crippen molar-refractivity contribution in [2.75, 3.05) is 32.3 Å². The third kappa shape index (κ3) is 3.26. The fourth-order valence-electron chi connectivity index (χ4n) is 2.75. The van der Waals surface area contributed by atoms with Crippen LogP contribution in [0.4, 0.5) is 15.9 Å². The number of nitrogens with zero attached hydrogens (tertiary/aromatic N) is 1. The topological polar surface area (TPSA) is 69.4 Å². The van der Waals surface area contributed by atoms with Gasteiger partial charge in [-0.15, -0.1) is 0 Å². The summed E-state index contributed by atoms with van der Waals surface area (Å²) in [5.74, 6) is 1.14. The molecule has 5 nitrogen and oxygen atoms in total. The zero-order chi connectivity index (χ0) is 18.7. The van der Waals surface area contributed by atoms with Gasteiger partial charge in [0.1, 0.15) is 11.6 Å². The second kappa shape index (κ2) is 7.31. The fourth-order valence-corrected chi connectivity index (χ4v) is 2.75. The summed E-state index contributed by atoms with van der Waals surface area (Å²) in [6.45, 7) is 0. The zero-order valence-corrected chi connectivity index (χ0v) is 14.8. The molecule has 0 spiro atoms. The van der Waals surface area contributed by atoms with Crippen molar-refractivity contribution in [3.05, 3.63) is 54.5 Å². The molecule has 0 fully saturated rings. The van der Waals surface area contributed by atoms with Crippen LogP contribution in [-0.4, -0.2) is 26.3 Å². The average molecular weight is 353 g/mol. The van der Waals surface area contributed by atoms with Crippen molar-refractivity contribution in [1.82, 2.24) is 4.98 Å². The molecule has 0 bridgehead atoms. The first kappa shape index (κ1) is 17.5. The number of ether oxygens (including phenoxy) is 2. The maximum absolute atomic E-state index is 14.5. The van der Waals surface area contributed by atoms with E-state index in [0.717, 1.165) is 11.1 Å². The molecular formula is C20H20FN3O2. The van der Waals surface area contributed by atoms with E-state index in [0.29, 0.717) is 28.3 Å². The van der Waals surface area contributed by atoms with Crippen LogP contribution in [0.25, 0.3) is 22.3 Å². The number of halogens is 1. The summed E-state index contributed by atoms with van der Waals surface area (Å²) in [4.78, 5) is 4.24. The highest BCUT2D eigenvalue weighted by Crippen LogP contribution is 2.35. The SMILES string of the molecule is CNc1ccc(-c2cc(-c3ccc(OC)c(OC)c3)cnc2N)c(F)c1. The van der Waals surface area contributed by atoms with Crippen molar-refractivity contribution in [1.29, 1.82) is 0 Å². The summed E-state index contributed by atoms with van der Waals surface area (Å²) in [6, 6.07) is 12.3. The third-order valence-electron chi connectivity index (χ3n) is 4.18. The first-order valence-electron chi connectivity index (χ1n) is 8.03. The third-order valence-corrected chi connectivity index (χ3v) is 4.18. The van der Waals surface area contributed by atoms with Gasteiger partial charge in [0.2, 0.25) is 0 Å². The van der Waals surface area contributed by atoms with E-state index in [1.807, 2.05) is 24.3 Å². The maximum Gasteiger partial charge on any atom is 0.161 e. The Balaban J connectivity index is 2.09. The number of rotatable bonds is 5. The monoisotopic (exact) mass is 353 g/mol. The van der Waals surface area contributed by atoms with E-state index in [-0.39, 0.29) is 11.6 Å². The molecule has 1 aromatic heterocycles. The Hall–Kier alpha value is -3.28. The van der Waals surface area contributed by atoms with Gasteiger partial charge in [0, 0.05) is 35.6 Å². The van der Waals surface area contributed by atoms with Crippen LogP contribution < -0.4 is 20.5 Å². The smallest absolute Gasteiger partial charge is 0.161 e. The highest BCUT2D eigenvalue weighted by atomic mass is 19.1. The molecule has 0 saturated heterocycles. The Bertz CT molecular complexity index is 944. The molecule has 6 heteroatoms. The number of methoxy groups -OCH3 is 2. The number of pyridine rings is 1. The predicted molar refractivity (Wildman–Crippen MR) is 102 cm³/mol. The Labute approximate surface area is 151 Å². The number of hydrogen-bond donors (Lipinski definition) is 2. The number of nitrogens with one attached hydrogen (secondary N) is 1. The van der Waals surface area contributed by atoms with Crippen LogP contribution in [0.5, 0.6) is 11.5 Å². The number of nitrogen functional groups attached to an aromatic ring is 1. The molecule has 0 atom stereocenters. The Morgan fingerprint density at radius 1 is 0.923 bits per heavy atom. The van der Waals surface area contributed by atoms with Gasteiger partial charge in [0.25, 0.3) is 0 Å². The molecule has 3 rings (SSSR count). The van der Waals surface area contributed by atoms with Gasteiger partial charge in [-0.1, -0.05) is 6.07 Å². The summed E-state index contributed by atoms with van der Waals surface area (Å²) >= 11 is 0. The van der Waals surface area contributed by atoms with Crippen molar-refractivity contribution in [2.45, 2.75) is 0 Å². The van der Waals surface area contributed by atoms with Gasteiger partial charge in [-0.2, -0.15) is 0 Å². The van der Waals surface area contributed by atoms with Crippen LogP contribution >= 0.6 is 0 Å². The molecular weight excluding hydrogens is 333 g/mol. The molecule has 0 aliphatic carbocycles. The average Bonchev–Trinajstić information content (AvgIpc) is 2.68. The van der Waals surface area contributed by atoms with Crippen LogP contribution in [0, 0.1) is 5.82 Å². The first-order valence-corrected chi connectivity index (χ1v) is 8.03. The lowest BCUT2D eigenvalue weighted by molar-refractivity contribution is 0.355. The summed E-state index contributed by atoms with van der Waals surface area (Å²) in [5, 5.41) is 2.91. The molecule has 0 aliphatic rings. The highest BCUT2D eigenvalue weighted by molar-refractivity contribution is 5.80. The predicted octanol–water partition coefficient (Wildman–Crippen LogP) is 4.20. The molecule has 134 valence electrons. The molecule has 26 heavy (non-hydrogen) atoms. The van der Waals surface area contributed by atoms with E-state index in [9.17, 15) is 4.39 Å². The van der Waals surface area contributed by atoms with Crippen molar-refractivity contribution in [3.63, 3.8) is 0 Å². The summed E-state index contributed by atoms with van der Waals surface area (Å²) in [7, 11) is 4.90. The molecule has 0 saturated carbocycles. The maximum atomic E-state index is 14.5. The minimum Gasteiger partial charge on any atom is -0.493 e. The van der Waals surface area contributed by atoms with Gasteiger partial charge in [-0.3, -0.25) is 0 Å². The summed E-state index contributed by atoms with van der Waals surface area (Å²) in [5.41, 5.74) is 9.29. The van der Waals surface area contributed by atoms with Gasteiger partial charge in [0.05, 0.1) is 14.2 Å². The number of aromatic nitrogens is 1. The van der Waals surface area contributed by atoms with E-state index in [2.05, 4.69) is 10.3 Å². The zero-order valence-electron chi connectivity index (χ0n) is 14.8. The minimum atomic E-state index is -0.366. The molecule has 1 heterocycles. The lowest BCUT2D eigenvalue weighted by Crippen LogP contribution is -1.98. The molecule has 3 N–H and O–H groups in total. The summed E-state index contributed by atoms with van der Waals surface area (Å²) in [6.07, 6.45) is 1.65. The lowest BCUT2D eigenvalue weighted by atomic mass is 10.00.